The third kappa shape index (κ3) is 29.7. The normalized spacial score (nSPS) is 12.2. The molecule has 0 saturated carbocycles. The minimum Gasteiger partial charge on any atom is -0.481 e. The van der Waals surface area contributed by atoms with Crippen molar-refractivity contribution in [3.8, 4) is 0 Å². The van der Waals surface area contributed by atoms with E-state index >= 15 is 0 Å². The second-order valence-electron chi connectivity index (χ2n) is 12.1. The smallest absolute Gasteiger partial charge is 0.307 e. The second kappa shape index (κ2) is 32.2. The zero-order chi connectivity index (χ0) is 29.4. The number of carboxylic acids is 1. The predicted molar refractivity (Wildman–Crippen MR) is 172 cm³/mol. The predicted octanol–water partition coefficient (Wildman–Crippen LogP) is 11.7. The van der Waals surface area contributed by atoms with Crippen molar-refractivity contribution in [2.45, 2.75) is 194 Å². The van der Waals surface area contributed by atoms with Crippen LogP contribution in [0.1, 0.15) is 194 Å². The Balaban J connectivity index is 3.32. The number of ether oxygens (including phenoxy) is 1. The van der Waals surface area contributed by atoms with Crippen LogP contribution < -0.4 is 0 Å². The van der Waals surface area contributed by atoms with E-state index in [0.29, 0.717) is 13.0 Å². The number of carboxylic acid groups (broad SMARTS) is 1. The van der Waals surface area contributed by atoms with Crippen LogP contribution in [-0.4, -0.2) is 23.7 Å². The number of allylic oxidation sites excluding steroid dienone is 2. The van der Waals surface area contributed by atoms with Crippen molar-refractivity contribution in [3.63, 3.8) is 0 Å². The van der Waals surface area contributed by atoms with Gasteiger partial charge < -0.3 is 9.84 Å². The fourth-order valence-electron chi connectivity index (χ4n) is 5.37. The number of unbranched alkanes of at least 4 members (excludes halogenated alkanes) is 23. The van der Waals surface area contributed by atoms with Crippen molar-refractivity contribution in [2.75, 3.05) is 6.61 Å². The van der Waals surface area contributed by atoms with E-state index in [0.717, 1.165) is 19.3 Å². The molecule has 0 rings (SSSR count). The standard InChI is InChI=1S/C36H68O4/c1-3-5-6-7-8-9-10-11-12-13-14-15-16-17-18-19-20-21-22-23-24-25-26-27-28-29-30-31-34(36(38)39)33-35(37)40-32-4-2/h16-17,34H,3-15,18-33H2,1-2H3,(H,38,39)/b17-16+. The highest BCUT2D eigenvalue weighted by molar-refractivity contribution is 5.78. The molecule has 0 aliphatic heterocycles. The summed E-state index contributed by atoms with van der Waals surface area (Å²) in [4.78, 5) is 23.1. The minimum atomic E-state index is -0.875. The van der Waals surface area contributed by atoms with E-state index in [4.69, 9.17) is 4.74 Å². The molecule has 0 aliphatic rings. The molecule has 0 aromatic carbocycles. The molecule has 0 saturated heterocycles. The molecule has 0 aliphatic carbocycles. The van der Waals surface area contributed by atoms with Crippen LogP contribution in [0.4, 0.5) is 0 Å². The van der Waals surface area contributed by atoms with Gasteiger partial charge in [-0.1, -0.05) is 161 Å². The van der Waals surface area contributed by atoms with Crippen molar-refractivity contribution in [1.82, 2.24) is 0 Å². The lowest BCUT2D eigenvalue weighted by atomic mass is 9.97. The maximum atomic E-state index is 11.7. The highest BCUT2D eigenvalue weighted by atomic mass is 16.5. The van der Waals surface area contributed by atoms with Gasteiger partial charge in [0.25, 0.3) is 0 Å². The van der Waals surface area contributed by atoms with Crippen LogP contribution in [0.5, 0.6) is 0 Å². The zero-order valence-corrected chi connectivity index (χ0v) is 26.9. The van der Waals surface area contributed by atoms with Crippen molar-refractivity contribution in [1.29, 1.82) is 0 Å². The number of hydrogen-bond donors (Lipinski definition) is 1. The molecule has 0 radical (unpaired) electrons. The van der Waals surface area contributed by atoms with Crippen LogP contribution in [0, 0.1) is 5.92 Å². The molecule has 1 unspecified atom stereocenters. The molecular formula is C36H68O4. The topological polar surface area (TPSA) is 63.6 Å². The summed E-state index contributed by atoms with van der Waals surface area (Å²) >= 11 is 0. The van der Waals surface area contributed by atoms with Crippen LogP contribution in [0.3, 0.4) is 0 Å². The Morgan fingerprint density at radius 1 is 0.550 bits per heavy atom. The summed E-state index contributed by atoms with van der Waals surface area (Å²) in [5, 5.41) is 9.33. The summed E-state index contributed by atoms with van der Waals surface area (Å²) in [6.45, 7) is 4.60. The molecule has 236 valence electrons. The maximum Gasteiger partial charge on any atom is 0.307 e. The zero-order valence-electron chi connectivity index (χ0n) is 26.9. The van der Waals surface area contributed by atoms with Gasteiger partial charge in [0.1, 0.15) is 0 Å². The Morgan fingerprint density at radius 3 is 1.30 bits per heavy atom. The fourth-order valence-corrected chi connectivity index (χ4v) is 5.37. The van der Waals surface area contributed by atoms with Crippen molar-refractivity contribution < 1.29 is 19.4 Å². The highest BCUT2D eigenvalue weighted by Crippen LogP contribution is 2.18. The van der Waals surface area contributed by atoms with Crippen molar-refractivity contribution >= 4 is 11.9 Å². The van der Waals surface area contributed by atoms with E-state index in [2.05, 4.69) is 19.1 Å². The van der Waals surface area contributed by atoms with E-state index < -0.39 is 11.9 Å². The first-order valence-electron chi connectivity index (χ1n) is 17.6. The van der Waals surface area contributed by atoms with Gasteiger partial charge in [0.2, 0.25) is 0 Å². The molecule has 1 atom stereocenters. The quantitative estimate of drug-likeness (QED) is 0.0501. The van der Waals surface area contributed by atoms with Gasteiger partial charge in [0.15, 0.2) is 0 Å². The lowest BCUT2D eigenvalue weighted by molar-refractivity contribution is -0.151. The first kappa shape index (κ1) is 38.7. The molecule has 40 heavy (non-hydrogen) atoms. The summed E-state index contributed by atoms with van der Waals surface area (Å²) in [6.07, 6.45) is 39.5. The van der Waals surface area contributed by atoms with Crippen LogP contribution in [0.25, 0.3) is 0 Å². The monoisotopic (exact) mass is 565 g/mol. The first-order chi connectivity index (χ1) is 19.6. The van der Waals surface area contributed by atoms with Gasteiger partial charge >= 0.3 is 11.9 Å². The molecule has 4 heteroatoms. The number of carbonyl (C=O) groups excluding carboxylic acids is 1. The molecule has 0 amide bonds. The molecule has 4 nitrogen and oxygen atoms in total. The minimum absolute atomic E-state index is 0.00547. The van der Waals surface area contributed by atoms with Gasteiger partial charge in [-0.3, -0.25) is 9.59 Å². The van der Waals surface area contributed by atoms with E-state index in [9.17, 15) is 14.7 Å². The highest BCUT2D eigenvalue weighted by Gasteiger charge is 2.21. The Kier molecular flexibility index (Phi) is 31.1. The summed E-state index contributed by atoms with van der Waals surface area (Å²) in [5.74, 6) is -1.85. The Bertz CT molecular complexity index is 571. The lowest BCUT2D eigenvalue weighted by Gasteiger charge is -2.11. The average Bonchev–Trinajstić information content (AvgIpc) is 2.94. The molecule has 0 aromatic heterocycles. The lowest BCUT2D eigenvalue weighted by Crippen LogP contribution is -2.19. The van der Waals surface area contributed by atoms with E-state index in [1.165, 1.54) is 148 Å². The molecule has 1 N–H and O–H groups in total. The Hall–Kier alpha value is -1.32. The van der Waals surface area contributed by atoms with Crippen LogP contribution in [0.15, 0.2) is 12.2 Å². The summed E-state index contributed by atoms with van der Waals surface area (Å²) in [5.41, 5.74) is 0. The van der Waals surface area contributed by atoms with Crippen LogP contribution in [0.2, 0.25) is 0 Å². The van der Waals surface area contributed by atoms with Gasteiger partial charge in [0, 0.05) is 0 Å². The van der Waals surface area contributed by atoms with Gasteiger partial charge in [-0.15, -0.1) is 0 Å². The van der Waals surface area contributed by atoms with Crippen LogP contribution in [-0.2, 0) is 14.3 Å². The van der Waals surface area contributed by atoms with Crippen molar-refractivity contribution in [3.05, 3.63) is 12.2 Å². The summed E-state index contributed by atoms with van der Waals surface area (Å²) in [6, 6.07) is 0. The first-order valence-corrected chi connectivity index (χ1v) is 17.6. The SMILES string of the molecule is CCCCCCCCCCCCC/C=C/CCCCCCCCCCCCCCC(CC(=O)OCCC)C(=O)O. The third-order valence-electron chi connectivity index (χ3n) is 8.04. The second-order valence-corrected chi connectivity index (χ2v) is 12.1. The van der Waals surface area contributed by atoms with Gasteiger partial charge in [-0.05, 0) is 38.5 Å². The van der Waals surface area contributed by atoms with E-state index in [1.807, 2.05) is 6.92 Å². The summed E-state index contributed by atoms with van der Waals surface area (Å²) in [7, 11) is 0. The molecule has 0 bridgehead atoms. The molecule has 0 heterocycles. The number of aliphatic carboxylic acids is 1. The fraction of sp³-hybridized carbons (Fsp3) is 0.889. The molecule has 0 aromatic rings. The Morgan fingerprint density at radius 2 is 0.925 bits per heavy atom. The Labute approximate surface area is 249 Å². The third-order valence-corrected chi connectivity index (χ3v) is 8.04. The number of rotatable bonds is 32. The number of esters is 1. The molecule has 0 spiro atoms. The summed E-state index contributed by atoms with van der Waals surface area (Å²) < 4.78 is 5.03. The molecular weight excluding hydrogens is 496 g/mol. The number of hydrogen-bond acceptors (Lipinski definition) is 3. The van der Waals surface area contributed by atoms with Crippen molar-refractivity contribution in [2.24, 2.45) is 5.92 Å². The average molecular weight is 565 g/mol. The maximum absolute atomic E-state index is 11.7. The van der Waals surface area contributed by atoms with Gasteiger partial charge in [-0.25, -0.2) is 0 Å². The molecule has 0 fully saturated rings. The van der Waals surface area contributed by atoms with Gasteiger partial charge in [0.05, 0.1) is 18.9 Å². The van der Waals surface area contributed by atoms with E-state index in [-0.39, 0.29) is 12.4 Å². The van der Waals surface area contributed by atoms with E-state index in [1.54, 1.807) is 0 Å². The van der Waals surface area contributed by atoms with Crippen LogP contribution >= 0.6 is 0 Å². The van der Waals surface area contributed by atoms with Gasteiger partial charge in [-0.2, -0.15) is 0 Å². The largest absolute Gasteiger partial charge is 0.481 e. The number of carbonyl (C=O) groups is 2.